The second-order valence-electron chi connectivity index (χ2n) is 4.61. The Morgan fingerprint density at radius 1 is 1.60 bits per heavy atom. The Morgan fingerprint density at radius 2 is 2.30 bits per heavy atom. The number of aliphatic carboxylic acids is 1. The van der Waals surface area contributed by atoms with Crippen LogP contribution in [0.1, 0.15) is 18.7 Å². The number of carbonyl (C=O) groups is 2. The molecule has 1 aliphatic rings. The smallest absolute Gasteiger partial charge is 0.381 e. The number of aryl methyl sites for hydroxylation is 1. The molecule has 0 spiro atoms. The van der Waals surface area contributed by atoms with Crippen LogP contribution in [0.4, 0.5) is 5.82 Å². The number of aromatic nitrogens is 2. The molecule has 2 rings (SSSR count). The lowest BCUT2D eigenvalue weighted by Crippen LogP contribution is -2.42. The zero-order valence-corrected chi connectivity index (χ0v) is 10.9. The lowest BCUT2D eigenvalue weighted by molar-refractivity contribution is -0.389. The largest absolute Gasteiger partial charge is 0.480 e. The third-order valence-electron chi connectivity index (χ3n) is 3.31. The minimum atomic E-state index is -1.02. The molecule has 1 aliphatic heterocycles. The van der Waals surface area contributed by atoms with Crippen molar-refractivity contribution >= 4 is 17.7 Å². The van der Waals surface area contributed by atoms with Crippen molar-refractivity contribution in [3.63, 3.8) is 0 Å². The first-order chi connectivity index (χ1) is 9.40. The standard InChI is InChI=1S/C11H14N4O5/c1-7-12-9(15(19)20)5-13(7)6-10(16)14-4-2-3-8(14)11(17)18/h5,8H,2-4,6H2,1H3,(H,17,18). The Kier molecular flexibility index (Phi) is 3.68. The highest BCUT2D eigenvalue weighted by molar-refractivity contribution is 5.84. The predicted octanol–water partition coefficient (Wildman–Crippen LogP) is 0.175. The van der Waals surface area contributed by atoms with Crippen molar-refractivity contribution in [2.75, 3.05) is 6.54 Å². The van der Waals surface area contributed by atoms with Crippen LogP contribution in [0.15, 0.2) is 6.20 Å². The molecule has 0 saturated carbocycles. The third kappa shape index (κ3) is 2.60. The van der Waals surface area contributed by atoms with Gasteiger partial charge in [-0.25, -0.2) is 4.79 Å². The Morgan fingerprint density at radius 3 is 2.85 bits per heavy atom. The van der Waals surface area contributed by atoms with Gasteiger partial charge in [-0.15, -0.1) is 0 Å². The Bertz CT molecular complexity index is 567. The second-order valence-corrected chi connectivity index (χ2v) is 4.61. The van der Waals surface area contributed by atoms with Gasteiger partial charge in [0.25, 0.3) is 0 Å². The number of carbonyl (C=O) groups excluding carboxylic acids is 1. The molecular weight excluding hydrogens is 268 g/mol. The van der Waals surface area contributed by atoms with Crippen LogP contribution in [-0.4, -0.2) is 48.9 Å². The van der Waals surface area contributed by atoms with E-state index in [0.717, 1.165) is 0 Å². The highest BCUT2D eigenvalue weighted by Crippen LogP contribution is 2.19. The Labute approximate surface area is 114 Å². The number of nitrogens with zero attached hydrogens (tertiary/aromatic N) is 4. The van der Waals surface area contributed by atoms with Gasteiger partial charge < -0.3 is 20.1 Å². The van der Waals surface area contributed by atoms with Gasteiger partial charge in [0.1, 0.15) is 18.8 Å². The third-order valence-corrected chi connectivity index (χ3v) is 3.31. The summed E-state index contributed by atoms with van der Waals surface area (Å²) in [6.45, 7) is 1.81. The molecule has 1 aromatic heterocycles. The van der Waals surface area contributed by atoms with Crippen molar-refractivity contribution in [1.82, 2.24) is 14.5 Å². The van der Waals surface area contributed by atoms with Crippen LogP contribution >= 0.6 is 0 Å². The molecule has 1 unspecified atom stereocenters. The van der Waals surface area contributed by atoms with E-state index in [1.807, 2.05) is 0 Å². The molecule has 1 fully saturated rings. The van der Waals surface area contributed by atoms with Gasteiger partial charge >= 0.3 is 11.8 Å². The zero-order valence-electron chi connectivity index (χ0n) is 10.9. The summed E-state index contributed by atoms with van der Waals surface area (Å²) in [6, 6.07) is -0.804. The summed E-state index contributed by atoms with van der Waals surface area (Å²) in [7, 11) is 0. The van der Waals surface area contributed by atoms with E-state index in [0.29, 0.717) is 25.2 Å². The molecule has 1 atom stereocenters. The van der Waals surface area contributed by atoms with Crippen LogP contribution in [0.3, 0.4) is 0 Å². The second kappa shape index (κ2) is 5.27. The van der Waals surface area contributed by atoms with Crippen LogP contribution in [0.25, 0.3) is 0 Å². The lowest BCUT2D eigenvalue weighted by Gasteiger charge is -2.21. The van der Waals surface area contributed by atoms with Gasteiger partial charge in [-0.1, -0.05) is 0 Å². The van der Waals surface area contributed by atoms with E-state index in [2.05, 4.69) is 4.98 Å². The normalized spacial score (nSPS) is 18.2. The lowest BCUT2D eigenvalue weighted by atomic mass is 10.2. The summed E-state index contributed by atoms with van der Waals surface area (Å²) < 4.78 is 1.36. The van der Waals surface area contributed by atoms with E-state index in [1.165, 1.54) is 15.7 Å². The van der Waals surface area contributed by atoms with Gasteiger partial charge in [0.05, 0.1) is 0 Å². The van der Waals surface area contributed by atoms with E-state index < -0.39 is 16.9 Å². The maximum absolute atomic E-state index is 12.1. The van der Waals surface area contributed by atoms with Crippen molar-refractivity contribution in [3.8, 4) is 0 Å². The number of imidazole rings is 1. The minimum Gasteiger partial charge on any atom is -0.480 e. The monoisotopic (exact) mass is 282 g/mol. The van der Waals surface area contributed by atoms with Gasteiger partial charge in [0.15, 0.2) is 0 Å². The molecule has 1 amide bonds. The van der Waals surface area contributed by atoms with Crippen molar-refractivity contribution < 1.29 is 19.6 Å². The Hall–Kier alpha value is -2.45. The van der Waals surface area contributed by atoms with Crippen LogP contribution in [-0.2, 0) is 16.1 Å². The van der Waals surface area contributed by atoms with E-state index in [4.69, 9.17) is 5.11 Å². The van der Waals surface area contributed by atoms with Crippen molar-refractivity contribution in [1.29, 1.82) is 0 Å². The summed E-state index contributed by atoms with van der Waals surface area (Å²) in [4.78, 5) is 38.1. The molecule has 2 heterocycles. The maximum atomic E-state index is 12.1. The van der Waals surface area contributed by atoms with Crippen LogP contribution in [0.5, 0.6) is 0 Å². The summed E-state index contributed by atoms with van der Waals surface area (Å²) in [5, 5.41) is 19.6. The number of nitro groups is 1. The Balaban J connectivity index is 2.11. The van der Waals surface area contributed by atoms with Crippen LogP contribution < -0.4 is 0 Å². The number of amides is 1. The SMILES string of the molecule is Cc1nc([N+](=O)[O-])cn1CC(=O)N1CCCC1C(=O)O. The van der Waals surface area contributed by atoms with Gasteiger partial charge in [-0.2, -0.15) is 0 Å². The quantitative estimate of drug-likeness (QED) is 0.621. The maximum Gasteiger partial charge on any atom is 0.381 e. The molecule has 1 saturated heterocycles. The molecule has 0 aromatic carbocycles. The fourth-order valence-corrected chi connectivity index (χ4v) is 2.30. The van der Waals surface area contributed by atoms with E-state index >= 15 is 0 Å². The van der Waals surface area contributed by atoms with Gasteiger partial charge in [-0.05, 0) is 22.7 Å². The molecule has 108 valence electrons. The summed E-state index contributed by atoms with van der Waals surface area (Å²) in [5.74, 6) is -1.38. The molecule has 1 aromatic rings. The number of carboxylic acids is 1. The molecule has 9 nitrogen and oxygen atoms in total. The fourth-order valence-electron chi connectivity index (χ4n) is 2.30. The van der Waals surface area contributed by atoms with Gasteiger partial charge in [0, 0.05) is 13.5 Å². The van der Waals surface area contributed by atoms with Crippen molar-refractivity contribution in [2.24, 2.45) is 0 Å². The predicted molar refractivity (Wildman–Crippen MR) is 66.0 cm³/mol. The fraction of sp³-hybridized carbons (Fsp3) is 0.545. The van der Waals surface area contributed by atoms with Crippen LogP contribution in [0.2, 0.25) is 0 Å². The molecule has 0 radical (unpaired) electrons. The van der Waals surface area contributed by atoms with Crippen molar-refractivity contribution in [2.45, 2.75) is 32.4 Å². The van der Waals surface area contributed by atoms with Crippen molar-refractivity contribution in [3.05, 3.63) is 22.1 Å². The van der Waals surface area contributed by atoms with Gasteiger partial charge in [0.2, 0.25) is 11.7 Å². The highest BCUT2D eigenvalue weighted by Gasteiger charge is 2.34. The molecule has 0 bridgehead atoms. The highest BCUT2D eigenvalue weighted by atomic mass is 16.6. The molecule has 1 N–H and O–H groups in total. The van der Waals surface area contributed by atoms with E-state index in [1.54, 1.807) is 6.92 Å². The summed E-state index contributed by atoms with van der Waals surface area (Å²) in [6.07, 6.45) is 2.26. The summed E-state index contributed by atoms with van der Waals surface area (Å²) >= 11 is 0. The molecule has 0 aliphatic carbocycles. The zero-order chi connectivity index (χ0) is 14.9. The number of hydrogen-bond acceptors (Lipinski definition) is 5. The van der Waals surface area contributed by atoms with Crippen LogP contribution in [0, 0.1) is 17.0 Å². The average Bonchev–Trinajstić information content (AvgIpc) is 2.96. The number of rotatable bonds is 4. The topological polar surface area (TPSA) is 119 Å². The molecule has 20 heavy (non-hydrogen) atoms. The number of carboxylic acid groups (broad SMARTS) is 1. The van der Waals surface area contributed by atoms with E-state index in [9.17, 15) is 19.7 Å². The first-order valence-corrected chi connectivity index (χ1v) is 6.10. The minimum absolute atomic E-state index is 0.142. The first kappa shape index (κ1) is 14.0. The summed E-state index contributed by atoms with van der Waals surface area (Å²) in [5.41, 5.74) is 0. The first-order valence-electron chi connectivity index (χ1n) is 6.10. The number of hydrogen-bond donors (Lipinski definition) is 1. The number of likely N-dealkylation sites (tertiary alicyclic amines) is 1. The molecular formula is C11H14N4O5. The van der Waals surface area contributed by atoms with Gasteiger partial charge in [-0.3, -0.25) is 9.36 Å². The van der Waals surface area contributed by atoms with E-state index in [-0.39, 0.29) is 18.3 Å². The average molecular weight is 282 g/mol. The molecule has 9 heteroatoms.